The zero-order valence-electron chi connectivity index (χ0n) is 9.68. The van der Waals surface area contributed by atoms with Gasteiger partial charge in [-0.3, -0.25) is 10.1 Å². The summed E-state index contributed by atoms with van der Waals surface area (Å²) >= 11 is 0. The second-order valence-electron chi connectivity index (χ2n) is 3.52. The molecule has 0 unspecified atom stereocenters. The van der Waals surface area contributed by atoms with E-state index >= 15 is 0 Å². The van der Waals surface area contributed by atoms with Crippen LogP contribution in [0.15, 0.2) is 18.2 Å². The van der Waals surface area contributed by atoms with Crippen molar-refractivity contribution >= 4 is 5.69 Å². The zero-order chi connectivity index (χ0) is 12.7. The number of nitro groups is 1. The lowest BCUT2D eigenvalue weighted by atomic mass is 10.1. The van der Waals surface area contributed by atoms with Gasteiger partial charge in [-0.25, -0.2) is 0 Å². The normalized spacial score (nSPS) is 9.65. The molecular weight excluding hydrogens is 220 g/mol. The highest BCUT2D eigenvalue weighted by molar-refractivity contribution is 5.48. The van der Waals surface area contributed by atoms with Gasteiger partial charge in [0.1, 0.15) is 0 Å². The minimum Gasteiger partial charge on any atom is -0.487 e. The van der Waals surface area contributed by atoms with Crippen molar-refractivity contribution in [2.75, 3.05) is 6.61 Å². The summed E-state index contributed by atoms with van der Waals surface area (Å²) in [6, 6.07) is 6.95. The third-order valence-electron chi connectivity index (χ3n) is 2.32. The van der Waals surface area contributed by atoms with Crippen LogP contribution in [0.5, 0.6) is 5.75 Å². The number of hydrogen-bond donors (Lipinski definition) is 0. The predicted molar refractivity (Wildman–Crippen MR) is 62.8 cm³/mol. The average molecular weight is 234 g/mol. The molecule has 17 heavy (non-hydrogen) atoms. The molecule has 90 valence electrons. The first-order valence-corrected chi connectivity index (χ1v) is 5.46. The Labute approximate surface area is 99.8 Å². The molecule has 0 aliphatic heterocycles. The zero-order valence-corrected chi connectivity index (χ0v) is 9.68. The van der Waals surface area contributed by atoms with Crippen LogP contribution in [0.4, 0.5) is 5.69 Å². The minimum atomic E-state index is -0.446. The fourth-order valence-electron chi connectivity index (χ4n) is 1.38. The summed E-state index contributed by atoms with van der Waals surface area (Å²) in [5.74, 6) is 0.269. The third kappa shape index (κ3) is 3.76. The largest absolute Gasteiger partial charge is 0.487 e. The van der Waals surface area contributed by atoms with E-state index in [0.29, 0.717) is 19.4 Å². The topological polar surface area (TPSA) is 76.2 Å². The van der Waals surface area contributed by atoms with Gasteiger partial charge in [0, 0.05) is 12.5 Å². The van der Waals surface area contributed by atoms with Crippen LogP contribution < -0.4 is 4.74 Å². The molecule has 0 aliphatic carbocycles. The first-order valence-electron chi connectivity index (χ1n) is 5.46. The maximum absolute atomic E-state index is 10.9. The maximum Gasteiger partial charge on any atom is 0.311 e. The SMILES string of the molecule is CCc1ccc(OCCCC#N)c([N+](=O)[O-])c1. The standard InChI is InChI=1S/C12H14N2O3/c1-2-10-5-6-12(11(9-10)14(15)16)17-8-4-3-7-13/h5-6,9H,2-4,8H2,1H3. The van der Waals surface area contributed by atoms with Gasteiger partial charge in [0.2, 0.25) is 0 Å². The van der Waals surface area contributed by atoms with Gasteiger partial charge in [-0.05, 0) is 24.5 Å². The Balaban J connectivity index is 2.77. The Bertz CT molecular complexity index is 438. The fourth-order valence-corrected chi connectivity index (χ4v) is 1.38. The second kappa shape index (κ2) is 6.48. The van der Waals surface area contributed by atoms with Crippen molar-refractivity contribution in [1.82, 2.24) is 0 Å². The van der Waals surface area contributed by atoms with Gasteiger partial charge in [-0.2, -0.15) is 5.26 Å². The number of unbranched alkanes of at least 4 members (excludes halogenated alkanes) is 1. The van der Waals surface area contributed by atoms with Gasteiger partial charge in [-0.1, -0.05) is 13.0 Å². The average Bonchev–Trinajstić information content (AvgIpc) is 2.34. The van der Waals surface area contributed by atoms with Crippen LogP contribution >= 0.6 is 0 Å². The summed E-state index contributed by atoms with van der Waals surface area (Å²) in [7, 11) is 0. The lowest BCUT2D eigenvalue weighted by molar-refractivity contribution is -0.385. The van der Waals surface area contributed by atoms with E-state index in [1.807, 2.05) is 19.1 Å². The summed E-state index contributed by atoms with van der Waals surface area (Å²) in [6.45, 7) is 2.26. The highest BCUT2D eigenvalue weighted by atomic mass is 16.6. The number of nitro benzene ring substituents is 1. The molecule has 0 aliphatic rings. The second-order valence-corrected chi connectivity index (χ2v) is 3.52. The molecule has 0 bridgehead atoms. The number of ether oxygens (including phenoxy) is 1. The quantitative estimate of drug-likeness (QED) is 0.431. The monoisotopic (exact) mass is 234 g/mol. The van der Waals surface area contributed by atoms with E-state index in [9.17, 15) is 10.1 Å². The van der Waals surface area contributed by atoms with E-state index in [0.717, 1.165) is 12.0 Å². The molecule has 1 rings (SSSR count). The Kier molecular flexibility index (Phi) is 4.95. The Hall–Kier alpha value is -2.09. The highest BCUT2D eigenvalue weighted by Crippen LogP contribution is 2.28. The number of rotatable bonds is 6. The Morgan fingerprint density at radius 2 is 2.29 bits per heavy atom. The molecule has 0 N–H and O–H groups in total. The summed E-state index contributed by atoms with van der Waals surface area (Å²) < 4.78 is 5.31. The maximum atomic E-state index is 10.9. The van der Waals surface area contributed by atoms with Crippen molar-refractivity contribution in [3.05, 3.63) is 33.9 Å². The lowest BCUT2D eigenvalue weighted by Gasteiger charge is -2.06. The van der Waals surface area contributed by atoms with Gasteiger partial charge >= 0.3 is 5.69 Å². The summed E-state index contributed by atoms with van der Waals surface area (Å²) in [4.78, 5) is 10.4. The number of aryl methyl sites for hydroxylation is 1. The van der Waals surface area contributed by atoms with Crippen molar-refractivity contribution in [3.63, 3.8) is 0 Å². The van der Waals surface area contributed by atoms with E-state index in [4.69, 9.17) is 10.00 Å². The van der Waals surface area contributed by atoms with Crippen LogP contribution in [0.25, 0.3) is 0 Å². The Morgan fingerprint density at radius 3 is 2.88 bits per heavy atom. The van der Waals surface area contributed by atoms with Crippen LogP contribution in [-0.4, -0.2) is 11.5 Å². The van der Waals surface area contributed by atoms with E-state index < -0.39 is 4.92 Å². The molecule has 5 nitrogen and oxygen atoms in total. The Morgan fingerprint density at radius 1 is 1.53 bits per heavy atom. The van der Waals surface area contributed by atoms with Gasteiger partial charge < -0.3 is 4.74 Å². The van der Waals surface area contributed by atoms with Gasteiger partial charge in [0.15, 0.2) is 5.75 Å². The molecule has 0 aromatic heterocycles. The van der Waals surface area contributed by atoms with Gasteiger partial charge in [-0.15, -0.1) is 0 Å². The first-order chi connectivity index (χ1) is 8.19. The molecule has 1 aromatic carbocycles. The van der Waals surface area contributed by atoms with Crippen molar-refractivity contribution in [2.24, 2.45) is 0 Å². The number of nitrogens with zero attached hydrogens (tertiary/aromatic N) is 2. The van der Waals surface area contributed by atoms with Crippen LogP contribution in [0.3, 0.4) is 0 Å². The number of hydrogen-bond acceptors (Lipinski definition) is 4. The van der Waals surface area contributed by atoms with E-state index in [1.54, 1.807) is 6.07 Å². The van der Waals surface area contributed by atoms with Crippen molar-refractivity contribution in [2.45, 2.75) is 26.2 Å². The van der Waals surface area contributed by atoms with Gasteiger partial charge in [0.05, 0.1) is 17.6 Å². The minimum absolute atomic E-state index is 0.0127. The van der Waals surface area contributed by atoms with Crippen LogP contribution in [0.1, 0.15) is 25.3 Å². The third-order valence-corrected chi connectivity index (χ3v) is 2.32. The van der Waals surface area contributed by atoms with E-state index in [-0.39, 0.29) is 11.4 Å². The first kappa shape index (κ1) is 13.0. The summed E-state index contributed by atoms with van der Waals surface area (Å²) in [6.07, 6.45) is 1.71. The molecule has 0 spiro atoms. The molecule has 0 heterocycles. The number of nitriles is 1. The van der Waals surface area contributed by atoms with Crippen LogP contribution in [0, 0.1) is 21.4 Å². The smallest absolute Gasteiger partial charge is 0.311 e. The molecular formula is C12H14N2O3. The summed E-state index contributed by atoms with van der Waals surface area (Å²) in [5.41, 5.74) is 0.891. The highest BCUT2D eigenvalue weighted by Gasteiger charge is 2.15. The molecule has 0 amide bonds. The van der Waals surface area contributed by atoms with E-state index in [2.05, 4.69) is 0 Å². The summed E-state index contributed by atoms with van der Waals surface area (Å²) in [5, 5.41) is 19.2. The van der Waals surface area contributed by atoms with Crippen LogP contribution in [-0.2, 0) is 6.42 Å². The molecule has 0 atom stereocenters. The molecule has 0 fully saturated rings. The van der Waals surface area contributed by atoms with Crippen molar-refractivity contribution in [3.8, 4) is 11.8 Å². The lowest BCUT2D eigenvalue weighted by Crippen LogP contribution is -2.01. The van der Waals surface area contributed by atoms with Crippen molar-refractivity contribution in [1.29, 1.82) is 5.26 Å². The molecule has 0 saturated carbocycles. The van der Waals surface area contributed by atoms with Gasteiger partial charge in [0.25, 0.3) is 0 Å². The van der Waals surface area contributed by atoms with Crippen LogP contribution in [0.2, 0.25) is 0 Å². The molecule has 1 aromatic rings. The van der Waals surface area contributed by atoms with E-state index in [1.165, 1.54) is 6.07 Å². The molecule has 0 radical (unpaired) electrons. The van der Waals surface area contributed by atoms with Crippen molar-refractivity contribution < 1.29 is 9.66 Å². The fraction of sp³-hybridized carbons (Fsp3) is 0.417. The molecule has 5 heteroatoms. The number of benzene rings is 1. The predicted octanol–water partition coefficient (Wildman–Crippen LogP) is 2.84. The molecule has 0 saturated heterocycles.